The number of hydrogen-bond donors (Lipinski definition) is 1. The molecular weight excluding hydrogens is 248 g/mol. The predicted molar refractivity (Wildman–Crippen MR) is 71.9 cm³/mol. The van der Waals surface area contributed by atoms with Crippen LogP contribution in [0.25, 0.3) is 10.9 Å². The lowest BCUT2D eigenvalue weighted by atomic mass is 10.0. The van der Waals surface area contributed by atoms with Crippen LogP contribution in [-0.2, 0) is 4.79 Å². The number of hydrogen-bond acceptors (Lipinski definition) is 3. The number of aliphatic carboxylic acids is 1. The average molecular weight is 262 g/mol. The summed E-state index contributed by atoms with van der Waals surface area (Å²) in [6, 6.07) is 4.09. The van der Waals surface area contributed by atoms with Crippen LogP contribution in [0.4, 0.5) is 0 Å². The molecular formula is C13H14N2O2S. The molecule has 0 saturated heterocycles. The number of thioether (sulfide) groups is 1. The number of carboxylic acids is 1. The van der Waals surface area contributed by atoms with Crippen molar-refractivity contribution in [2.24, 2.45) is 0 Å². The van der Waals surface area contributed by atoms with E-state index in [2.05, 4.69) is 21.9 Å². The standard InChI is InChI=1S/C13H14N2O2S/c1-18-12-5-8(6-13(16)17)11-4-9-7-14-3-2-10(9)15(11)12/h2-4,7-8,12H,5-6H2,1H3,(H,16,17). The molecule has 2 aromatic rings. The van der Waals surface area contributed by atoms with Crippen molar-refractivity contribution in [1.29, 1.82) is 0 Å². The Morgan fingerprint density at radius 2 is 2.50 bits per heavy atom. The molecule has 94 valence electrons. The lowest BCUT2D eigenvalue weighted by Gasteiger charge is -2.11. The number of pyridine rings is 1. The van der Waals surface area contributed by atoms with Crippen LogP contribution >= 0.6 is 11.8 Å². The van der Waals surface area contributed by atoms with Crippen molar-refractivity contribution in [3.05, 3.63) is 30.2 Å². The van der Waals surface area contributed by atoms with Crippen LogP contribution in [0.15, 0.2) is 24.5 Å². The Morgan fingerprint density at radius 3 is 3.22 bits per heavy atom. The first-order chi connectivity index (χ1) is 8.70. The topological polar surface area (TPSA) is 55.1 Å². The Bertz CT molecular complexity index is 608. The Morgan fingerprint density at radius 1 is 1.67 bits per heavy atom. The zero-order chi connectivity index (χ0) is 12.7. The van der Waals surface area contributed by atoms with Crippen molar-refractivity contribution in [3.8, 4) is 0 Å². The van der Waals surface area contributed by atoms with Crippen LogP contribution in [0.1, 0.15) is 29.8 Å². The van der Waals surface area contributed by atoms with Crippen molar-refractivity contribution in [3.63, 3.8) is 0 Å². The minimum atomic E-state index is -0.725. The molecule has 0 bridgehead atoms. The first-order valence-corrected chi connectivity index (χ1v) is 7.19. The van der Waals surface area contributed by atoms with Gasteiger partial charge in [0.2, 0.25) is 0 Å². The molecule has 4 nitrogen and oxygen atoms in total. The fraction of sp³-hybridized carbons (Fsp3) is 0.385. The van der Waals surface area contributed by atoms with Gasteiger partial charge in [0.1, 0.15) is 0 Å². The van der Waals surface area contributed by atoms with Gasteiger partial charge >= 0.3 is 5.97 Å². The van der Waals surface area contributed by atoms with Crippen LogP contribution in [0, 0.1) is 0 Å². The van der Waals surface area contributed by atoms with Gasteiger partial charge in [-0.15, -0.1) is 11.8 Å². The van der Waals surface area contributed by atoms with Gasteiger partial charge in [-0.3, -0.25) is 9.78 Å². The summed E-state index contributed by atoms with van der Waals surface area (Å²) < 4.78 is 2.27. The number of carbonyl (C=O) groups is 1. The SMILES string of the molecule is CSC1CC(CC(=O)O)c2cc3cnccc3n21. The second kappa shape index (κ2) is 4.31. The molecule has 0 aliphatic carbocycles. The Balaban J connectivity index is 2.13. The molecule has 2 aromatic heterocycles. The molecule has 0 amide bonds. The second-order valence-corrected chi connectivity index (χ2v) is 5.61. The lowest BCUT2D eigenvalue weighted by Crippen LogP contribution is -2.02. The molecule has 0 spiro atoms. The summed E-state index contributed by atoms with van der Waals surface area (Å²) >= 11 is 1.78. The fourth-order valence-corrected chi connectivity index (χ4v) is 3.67. The highest BCUT2D eigenvalue weighted by Crippen LogP contribution is 2.46. The van der Waals surface area contributed by atoms with Crippen LogP contribution < -0.4 is 0 Å². The summed E-state index contributed by atoms with van der Waals surface area (Å²) in [5.41, 5.74) is 2.30. The first-order valence-electron chi connectivity index (χ1n) is 5.90. The van der Waals surface area contributed by atoms with Crippen molar-refractivity contribution >= 4 is 28.6 Å². The number of fused-ring (bicyclic) bond motifs is 3. The van der Waals surface area contributed by atoms with E-state index in [1.807, 2.05) is 12.3 Å². The van der Waals surface area contributed by atoms with Gasteiger partial charge in [-0.05, 0) is 24.8 Å². The summed E-state index contributed by atoms with van der Waals surface area (Å²) in [5, 5.41) is 10.4. The normalized spacial score (nSPS) is 22.3. The van der Waals surface area contributed by atoms with Gasteiger partial charge < -0.3 is 9.67 Å². The summed E-state index contributed by atoms with van der Waals surface area (Å²) in [5.74, 6) is -0.607. The van der Waals surface area contributed by atoms with Crippen molar-refractivity contribution < 1.29 is 9.90 Å². The highest BCUT2D eigenvalue weighted by atomic mass is 32.2. The van der Waals surface area contributed by atoms with E-state index in [0.29, 0.717) is 5.37 Å². The third kappa shape index (κ3) is 1.70. The van der Waals surface area contributed by atoms with Crippen LogP contribution in [-0.4, -0.2) is 26.9 Å². The molecule has 1 N–H and O–H groups in total. The molecule has 0 radical (unpaired) electrons. The largest absolute Gasteiger partial charge is 0.481 e. The van der Waals surface area contributed by atoms with Crippen molar-refractivity contribution in [2.45, 2.75) is 24.1 Å². The molecule has 0 aromatic carbocycles. The number of nitrogens with zero attached hydrogens (tertiary/aromatic N) is 2. The molecule has 2 unspecified atom stereocenters. The molecule has 0 saturated carbocycles. The molecule has 0 fully saturated rings. The smallest absolute Gasteiger partial charge is 0.304 e. The monoisotopic (exact) mass is 262 g/mol. The van der Waals surface area contributed by atoms with E-state index in [-0.39, 0.29) is 12.3 Å². The fourth-order valence-electron chi connectivity index (χ4n) is 2.80. The Labute approximate surface area is 109 Å². The van der Waals surface area contributed by atoms with E-state index >= 15 is 0 Å². The minimum Gasteiger partial charge on any atom is -0.481 e. The molecule has 5 heteroatoms. The van der Waals surface area contributed by atoms with Crippen molar-refractivity contribution in [1.82, 2.24) is 9.55 Å². The van der Waals surface area contributed by atoms with Gasteiger partial charge in [-0.2, -0.15) is 0 Å². The Hall–Kier alpha value is -1.49. The summed E-state index contributed by atoms with van der Waals surface area (Å²) in [4.78, 5) is 15.1. The van der Waals surface area contributed by atoms with Gasteiger partial charge in [0.05, 0.1) is 17.3 Å². The lowest BCUT2D eigenvalue weighted by molar-refractivity contribution is -0.137. The van der Waals surface area contributed by atoms with Gasteiger partial charge in [0.25, 0.3) is 0 Å². The average Bonchev–Trinajstić information content (AvgIpc) is 2.87. The third-order valence-electron chi connectivity index (χ3n) is 3.55. The highest BCUT2D eigenvalue weighted by Gasteiger charge is 2.33. The van der Waals surface area contributed by atoms with Crippen molar-refractivity contribution in [2.75, 3.05) is 6.26 Å². The summed E-state index contributed by atoms with van der Waals surface area (Å²) in [6.07, 6.45) is 6.82. The Kier molecular flexibility index (Phi) is 2.78. The quantitative estimate of drug-likeness (QED) is 0.924. The van der Waals surface area contributed by atoms with Crippen LogP contribution in [0.2, 0.25) is 0 Å². The predicted octanol–water partition coefficient (Wildman–Crippen LogP) is 2.86. The molecule has 1 aliphatic rings. The van der Waals surface area contributed by atoms with Gasteiger partial charge in [-0.1, -0.05) is 0 Å². The molecule has 18 heavy (non-hydrogen) atoms. The van der Waals surface area contributed by atoms with E-state index in [1.54, 1.807) is 18.0 Å². The van der Waals surface area contributed by atoms with E-state index in [9.17, 15) is 4.79 Å². The summed E-state index contributed by atoms with van der Waals surface area (Å²) in [6.45, 7) is 0. The number of rotatable bonds is 3. The van der Waals surface area contributed by atoms with E-state index in [1.165, 1.54) is 0 Å². The maximum atomic E-state index is 10.9. The number of carboxylic acid groups (broad SMARTS) is 1. The zero-order valence-electron chi connectivity index (χ0n) is 10.0. The van der Waals surface area contributed by atoms with Gasteiger partial charge in [0.15, 0.2) is 0 Å². The van der Waals surface area contributed by atoms with Crippen LogP contribution in [0.3, 0.4) is 0 Å². The van der Waals surface area contributed by atoms with E-state index in [4.69, 9.17) is 5.11 Å². The third-order valence-corrected chi connectivity index (χ3v) is 4.50. The van der Waals surface area contributed by atoms with Crippen LogP contribution in [0.5, 0.6) is 0 Å². The van der Waals surface area contributed by atoms with E-state index < -0.39 is 5.97 Å². The number of aromatic nitrogens is 2. The van der Waals surface area contributed by atoms with Gasteiger partial charge in [0, 0.05) is 29.4 Å². The molecule has 3 heterocycles. The molecule has 1 aliphatic heterocycles. The second-order valence-electron chi connectivity index (χ2n) is 4.59. The molecule has 3 rings (SSSR count). The minimum absolute atomic E-state index is 0.118. The van der Waals surface area contributed by atoms with E-state index in [0.717, 1.165) is 23.0 Å². The van der Waals surface area contributed by atoms with Gasteiger partial charge in [-0.25, -0.2) is 0 Å². The molecule has 2 atom stereocenters. The first kappa shape index (κ1) is 11.6. The summed E-state index contributed by atoms with van der Waals surface area (Å²) in [7, 11) is 0. The highest BCUT2D eigenvalue weighted by molar-refractivity contribution is 7.98. The maximum Gasteiger partial charge on any atom is 0.304 e. The zero-order valence-corrected chi connectivity index (χ0v) is 10.9. The maximum absolute atomic E-state index is 10.9.